The Bertz CT molecular complexity index is 2890. The first-order chi connectivity index (χ1) is 27.7. The summed E-state index contributed by atoms with van der Waals surface area (Å²) in [6, 6.07) is 80.0. The standard InChI is InChI=1S/C54H37NO/c1-3-12-38(13-4-1)39-22-29-46(30-23-39)55(48-33-26-43(27-34-48)50-20-11-18-42-16-7-9-19-49(42)50)47-31-24-40(25-32-47)44-28-35-51(41-14-5-2-6-15-41)52(36-44)54-37-45-17-8-10-21-53(45)56-54/h1-37H. The molecule has 1 aromatic heterocycles. The Morgan fingerprint density at radius 3 is 1.43 bits per heavy atom. The maximum atomic E-state index is 6.44. The van der Waals surface area contributed by atoms with Crippen molar-refractivity contribution >= 4 is 38.8 Å². The maximum absolute atomic E-state index is 6.44. The highest BCUT2D eigenvalue weighted by molar-refractivity contribution is 5.97. The molecular weight excluding hydrogens is 679 g/mol. The summed E-state index contributed by atoms with van der Waals surface area (Å²) in [4.78, 5) is 2.34. The third kappa shape index (κ3) is 6.34. The number of hydrogen-bond donors (Lipinski definition) is 0. The molecule has 10 rings (SSSR count). The number of hydrogen-bond acceptors (Lipinski definition) is 2. The molecule has 10 aromatic rings. The highest BCUT2D eigenvalue weighted by atomic mass is 16.3. The second kappa shape index (κ2) is 14.4. The molecule has 56 heavy (non-hydrogen) atoms. The third-order valence-corrected chi connectivity index (χ3v) is 10.7. The predicted molar refractivity (Wildman–Crippen MR) is 236 cm³/mol. The number of furan rings is 1. The quantitative estimate of drug-likeness (QED) is 0.156. The van der Waals surface area contributed by atoms with Gasteiger partial charge in [-0.2, -0.15) is 0 Å². The number of fused-ring (bicyclic) bond motifs is 2. The van der Waals surface area contributed by atoms with Crippen LogP contribution < -0.4 is 4.90 Å². The van der Waals surface area contributed by atoms with Gasteiger partial charge in [0, 0.05) is 28.0 Å². The van der Waals surface area contributed by atoms with Crippen LogP contribution in [0.1, 0.15) is 0 Å². The van der Waals surface area contributed by atoms with Gasteiger partial charge >= 0.3 is 0 Å². The molecule has 2 heteroatoms. The van der Waals surface area contributed by atoms with Crippen molar-refractivity contribution < 1.29 is 4.42 Å². The van der Waals surface area contributed by atoms with Crippen molar-refractivity contribution in [2.75, 3.05) is 4.90 Å². The molecule has 0 amide bonds. The number of nitrogens with zero attached hydrogens (tertiary/aromatic N) is 1. The lowest BCUT2D eigenvalue weighted by atomic mass is 9.93. The van der Waals surface area contributed by atoms with E-state index in [1.807, 2.05) is 12.1 Å². The van der Waals surface area contributed by atoms with E-state index in [0.717, 1.165) is 61.6 Å². The fraction of sp³-hybridized carbons (Fsp3) is 0. The normalized spacial score (nSPS) is 11.2. The van der Waals surface area contributed by atoms with Crippen molar-refractivity contribution in [3.05, 3.63) is 224 Å². The first-order valence-electron chi connectivity index (χ1n) is 19.1. The zero-order chi connectivity index (χ0) is 37.3. The van der Waals surface area contributed by atoms with Gasteiger partial charge in [0.05, 0.1) is 0 Å². The third-order valence-electron chi connectivity index (χ3n) is 10.7. The molecular formula is C54H37NO. The van der Waals surface area contributed by atoms with Crippen molar-refractivity contribution in [2.45, 2.75) is 0 Å². The van der Waals surface area contributed by atoms with Crippen molar-refractivity contribution in [1.29, 1.82) is 0 Å². The molecule has 0 aliphatic rings. The summed E-state index contributed by atoms with van der Waals surface area (Å²) in [5.41, 5.74) is 14.6. The van der Waals surface area contributed by atoms with Crippen LogP contribution in [-0.2, 0) is 0 Å². The van der Waals surface area contributed by atoms with E-state index in [4.69, 9.17) is 4.42 Å². The van der Waals surface area contributed by atoms with E-state index in [-0.39, 0.29) is 0 Å². The number of rotatable bonds is 8. The summed E-state index contributed by atoms with van der Waals surface area (Å²) < 4.78 is 6.44. The van der Waals surface area contributed by atoms with Gasteiger partial charge in [-0.3, -0.25) is 0 Å². The van der Waals surface area contributed by atoms with Crippen LogP contribution in [0.25, 0.3) is 77.6 Å². The second-order valence-electron chi connectivity index (χ2n) is 14.1. The van der Waals surface area contributed by atoms with Crippen molar-refractivity contribution in [2.24, 2.45) is 0 Å². The van der Waals surface area contributed by atoms with E-state index in [1.54, 1.807) is 0 Å². The molecule has 0 bridgehead atoms. The van der Waals surface area contributed by atoms with Crippen LogP contribution in [0.15, 0.2) is 229 Å². The lowest BCUT2D eigenvalue weighted by molar-refractivity contribution is 0.632. The van der Waals surface area contributed by atoms with E-state index in [9.17, 15) is 0 Å². The molecule has 1 heterocycles. The molecule has 0 fully saturated rings. The minimum atomic E-state index is 0.862. The van der Waals surface area contributed by atoms with Crippen LogP contribution in [0.3, 0.4) is 0 Å². The topological polar surface area (TPSA) is 16.4 Å². The average molecular weight is 716 g/mol. The van der Waals surface area contributed by atoms with Gasteiger partial charge in [0.1, 0.15) is 11.3 Å². The summed E-state index contributed by atoms with van der Waals surface area (Å²) in [7, 11) is 0. The minimum absolute atomic E-state index is 0.862. The highest BCUT2D eigenvalue weighted by Crippen LogP contribution is 2.41. The van der Waals surface area contributed by atoms with Gasteiger partial charge in [-0.05, 0) is 110 Å². The van der Waals surface area contributed by atoms with Crippen molar-refractivity contribution in [3.63, 3.8) is 0 Å². The molecule has 0 aliphatic heterocycles. The van der Waals surface area contributed by atoms with Gasteiger partial charge in [0.25, 0.3) is 0 Å². The maximum Gasteiger partial charge on any atom is 0.136 e. The molecule has 0 radical (unpaired) electrons. The SMILES string of the molecule is c1ccc(-c2ccc(N(c3ccc(-c4ccc(-c5ccccc5)c(-c5cc6ccccc6o5)c4)cc3)c3ccc(-c4cccc5ccccc45)cc3)cc2)cc1. The molecule has 2 nitrogen and oxygen atoms in total. The fourth-order valence-corrected chi connectivity index (χ4v) is 7.86. The van der Waals surface area contributed by atoms with E-state index in [0.29, 0.717) is 0 Å². The first kappa shape index (κ1) is 33.2. The lowest BCUT2D eigenvalue weighted by Gasteiger charge is -2.26. The van der Waals surface area contributed by atoms with E-state index < -0.39 is 0 Å². The van der Waals surface area contributed by atoms with E-state index >= 15 is 0 Å². The van der Waals surface area contributed by atoms with Crippen LogP contribution in [-0.4, -0.2) is 0 Å². The first-order valence-corrected chi connectivity index (χ1v) is 19.1. The molecule has 9 aromatic carbocycles. The summed E-state index contributed by atoms with van der Waals surface area (Å²) in [6.07, 6.45) is 0. The van der Waals surface area contributed by atoms with Crippen LogP contribution in [0.2, 0.25) is 0 Å². The predicted octanol–water partition coefficient (Wildman–Crippen LogP) is 15.4. The Labute approximate surface area is 327 Å². The Balaban J connectivity index is 1.04. The highest BCUT2D eigenvalue weighted by Gasteiger charge is 2.17. The zero-order valence-electron chi connectivity index (χ0n) is 30.7. The van der Waals surface area contributed by atoms with Crippen molar-refractivity contribution in [1.82, 2.24) is 0 Å². The van der Waals surface area contributed by atoms with Gasteiger partial charge in [-0.25, -0.2) is 0 Å². The Morgan fingerprint density at radius 2 is 0.768 bits per heavy atom. The molecule has 264 valence electrons. The molecule has 0 saturated carbocycles. The molecule has 0 atom stereocenters. The number of anilines is 3. The van der Waals surface area contributed by atoms with Gasteiger partial charge in [0.2, 0.25) is 0 Å². The van der Waals surface area contributed by atoms with Crippen LogP contribution in [0.4, 0.5) is 17.1 Å². The molecule has 0 spiro atoms. The fourth-order valence-electron chi connectivity index (χ4n) is 7.86. The van der Waals surface area contributed by atoms with Crippen LogP contribution in [0.5, 0.6) is 0 Å². The Kier molecular flexibility index (Phi) is 8.55. The Hall–Kier alpha value is -7.42. The van der Waals surface area contributed by atoms with Gasteiger partial charge in [-0.1, -0.05) is 170 Å². The largest absolute Gasteiger partial charge is 0.456 e. The summed E-state index contributed by atoms with van der Waals surface area (Å²) in [5.74, 6) is 0.862. The van der Waals surface area contributed by atoms with Crippen molar-refractivity contribution in [3.8, 4) is 55.8 Å². The van der Waals surface area contributed by atoms with E-state index in [2.05, 4.69) is 217 Å². The second-order valence-corrected chi connectivity index (χ2v) is 14.1. The molecule has 0 aliphatic carbocycles. The summed E-state index contributed by atoms with van der Waals surface area (Å²) >= 11 is 0. The van der Waals surface area contributed by atoms with Gasteiger partial charge in [-0.15, -0.1) is 0 Å². The monoisotopic (exact) mass is 715 g/mol. The Morgan fingerprint density at radius 1 is 0.286 bits per heavy atom. The molecule has 0 saturated heterocycles. The smallest absolute Gasteiger partial charge is 0.136 e. The summed E-state index contributed by atoms with van der Waals surface area (Å²) in [6.45, 7) is 0. The summed E-state index contributed by atoms with van der Waals surface area (Å²) in [5, 5.41) is 3.60. The molecule has 0 N–H and O–H groups in total. The number of benzene rings is 9. The van der Waals surface area contributed by atoms with Gasteiger partial charge in [0.15, 0.2) is 0 Å². The van der Waals surface area contributed by atoms with E-state index in [1.165, 1.54) is 33.0 Å². The van der Waals surface area contributed by atoms with Crippen LogP contribution in [0, 0.1) is 0 Å². The van der Waals surface area contributed by atoms with Gasteiger partial charge < -0.3 is 9.32 Å². The zero-order valence-corrected chi connectivity index (χ0v) is 30.7. The number of para-hydroxylation sites is 1. The molecule has 0 unspecified atom stereocenters. The lowest BCUT2D eigenvalue weighted by Crippen LogP contribution is -2.09. The minimum Gasteiger partial charge on any atom is -0.456 e. The van der Waals surface area contributed by atoms with Crippen LogP contribution >= 0.6 is 0 Å². The average Bonchev–Trinajstić information content (AvgIpc) is 3.72.